The smallest absolute Gasteiger partial charge is 0.319 e. The van der Waals surface area contributed by atoms with Crippen LogP contribution in [0.25, 0.3) is 0 Å². The minimum absolute atomic E-state index is 0.166. The first-order chi connectivity index (χ1) is 9.28. The summed E-state index contributed by atoms with van der Waals surface area (Å²) >= 11 is 0. The molecule has 0 saturated carbocycles. The summed E-state index contributed by atoms with van der Waals surface area (Å²) in [5.74, 6) is 0.523. The van der Waals surface area contributed by atoms with E-state index in [1.165, 1.54) is 0 Å². The highest BCUT2D eigenvalue weighted by Gasteiger charge is 2.14. The summed E-state index contributed by atoms with van der Waals surface area (Å²) in [4.78, 5) is 11.8. The van der Waals surface area contributed by atoms with Crippen molar-refractivity contribution in [1.29, 1.82) is 0 Å². The van der Waals surface area contributed by atoms with E-state index in [4.69, 9.17) is 10.5 Å². The average molecular weight is 263 g/mol. The molecule has 0 aromatic heterocycles. The lowest BCUT2D eigenvalue weighted by Gasteiger charge is -2.22. The molecule has 0 atom stereocenters. The van der Waals surface area contributed by atoms with Crippen molar-refractivity contribution in [2.45, 2.75) is 19.4 Å². The Bertz CT molecular complexity index is 417. The fraction of sp³-hybridized carbons (Fsp3) is 0.500. The first-order valence-corrected chi connectivity index (χ1v) is 6.69. The van der Waals surface area contributed by atoms with E-state index >= 15 is 0 Å². The Morgan fingerprint density at radius 1 is 1.37 bits per heavy atom. The van der Waals surface area contributed by atoms with Crippen molar-refractivity contribution < 1.29 is 9.53 Å². The van der Waals surface area contributed by atoms with Crippen LogP contribution in [0.1, 0.15) is 18.4 Å². The van der Waals surface area contributed by atoms with Crippen LogP contribution >= 0.6 is 0 Å². The first kappa shape index (κ1) is 13.8. The van der Waals surface area contributed by atoms with Gasteiger partial charge in [-0.15, -0.1) is 0 Å². The third-order valence-electron chi connectivity index (χ3n) is 3.31. The molecular weight excluding hydrogens is 242 g/mol. The van der Waals surface area contributed by atoms with Crippen molar-refractivity contribution >= 4 is 11.7 Å². The average Bonchev–Trinajstić information content (AvgIpc) is 2.46. The van der Waals surface area contributed by atoms with Gasteiger partial charge in [-0.2, -0.15) is 0 Å². The summed E-state index contributed by atoms with van der Waals surface area (Å²) in [5, 5.41) is 5.72. The van der Waals surface area contributed by atoms with Gasteiger partial charge >= 0.3 is 6.03 Å². The molecule has 1 aliphatic rings. The van der Waals surface area contributed by atoms with Crippen LogP contribution in [-0.4, -0.2) is 25.8 Å². The van der Waals surface area contributed by atoms with E-state index in [9.17, 15) is 4.79 Å². The fourth-order valence-electron chi connectivity index (χ4n) is 2.14. The number of urea groups is 1. The monoisotopic (exact) mass is 263 g/mol. The number of hydrogen-bond donors (Lipinski definition) is 3. The summed E-state index contributed by atoms with van der Waals surface area (Å²) in [5.41, 5.74) is 7.34. The zero-order valence-corrected chi connectivity index (χ0v) is 11.0. The molecule has 0 aliphatic carbocycles. The number of hydrogen-bond acceptors (Lipinski definition) is 3. The Morgan fingerprint density at radius 2 is 2.16 bits per heavy atom. The van der Waals surface area contributed by atoms with Crippen LogP contribution in [0, 0.1) is 5.92 Å². The van der Waals surface area contributed by atoms with Crippen LogP contribution in [0.5, 0.6) is 0 Å². The molecule has 104 valence electrons. The van der Waals surface area contributed by atoms with Gasteiger partial charge in [-0.25, -0.2) is 4.79 Å². The van der Waals surface area contributed by atoms with Crippen LogP contribution in [0.3, 0.4) is 0 Å². The Kier molecular flexibility index (Phi) is 5.18. The second-order valence-corrected chi connectivity index (χ2v) is 4.80. The molecule has 1 saturated heterocycles. The van der Waals surface area contributed by atoms with Crippen LogP contribution in [0.4, 0.5) is 10.5 Å². The molecule has 1 aromatic carbocycles. The quantitative estimate of drug-likeness (QED) is 0.773. The summed E-state index contributed by atoms with van der Waals surface area (Å²) in [6.45, 7) is 2.77. The van der Waals surface area contributed by atoms with Crippen LogP contribution in [0.2, 0.25) is 0 Å². The first-order valence-electron chi connectivity index (χ1n) is 6.69. The van der Waals surface area contributed by atoms with Crippen molar-refractivity contribution in [3.8, 4) is 0 Å². The molecule has 4 N–H and O–H groups in total. The summed E-state index contributed by atoms with van der Waals surface area (Å²) in [6.07, 6.45) is 2.03. The number of benzene rings is 1. The highest BCUT2D eigenvalue weighted by atomic mass is 16.5. The van der Waals surface area contributed by atoms with Gasteiger partial charge in [0, 0.05) is 32.0 Å². The Balaban J connectivity index is 1.76. The van der Waals surface area contributed by atoms with E-state index < -0.39 is 0 Å². The van der Waals surface area contributed by atoms with Gasteiger partial charge in [-0.1, -0.05) is 12.1 Å². The lowest BCUT2D eigenvalue weighted by Crippen LogP contribution is -2.35. The van der Waals surface area contributed by atoms with Gasteiger partial charge in [-0.05, 0) is 36.5 Å². The summed E-state index contributed by atoms with van der Waals surface area (Å²) in [6, 6.07) is 7.39. The molecule has 19 heavy (non-hydrogen) atoms. The lowest BCUT2D eigenvalue weighted by molar-refractivity contribution is 0.0671. The van der Waals surface area contributed by atoms with Gasteiger partial charge in [-0.3, -0.25) is 0 Å². The molecule has 0 bridgehead atoms. The molecule has 1 heterocycles. The van der Waals surface area contributed by atoms with Crippen LogP contribution in [0.15, 0.2) is 24.3 Å². The van der Waals surface area contributed by atoms with Gasteiger partial charge in [0.25, 0.3) is 0 Å². The molecule has 5 nitrogen and oxygen atoms in total. The number of carbonyl (C=O) groups is 1. The molecule has 1 aliphatic heterocycles. The number of carbonyl (C=O) groups excluding carboxylic acids is 1. The Morgan fingerprint density at radius 3 is 2.89 bits per heavy atom. The van der Waals surface area contributed by atoms with Crippen LogP contribution in [-0.2, 0) is 11.3 Å². The molecular formula is C14H21N3O2. The van der Waals surface area contributed by atoms with E-state index in [-0.39, 0.29) is 6.03 Å². The zero-order chi connectivity index (χ0) is 13.5. The number of rotatable bonds is 4. The summed E-state index contributed by atoms with van der Waals surface area (Å²) in [7, 11) is 0. The number of ether oxygens (including phenoxy) is 1. The van der Waals surface area contributed by atoms with Gasteiger partial charge in [0.1, 0.15) is 0 Å². The predicted octanol–water partition coefficient (Wildman–Crippen LogP) is 1.69. The molecule has 1 aromatic rings. The van der Waals surface area contributed by atoms with E-state index in [1.54, 1.807) is 0 Å². The van der Waals surface area contributed by atoms with Crippen molar-refractivity contribution in [2.75, 3.05) is 25.1 Å². The van der Waals surface area contributed by atoms with Gasteiger partial charge in [0.2, 0.25) is 0 Å². The normalized spacial score (nSPS) is 16.1. The lowest BCUT2D eigenvalue weighted by atomic mass is 10.0. The van der Waals surface area contributed by atoms with E-state index in [2.05, 4.69) is 10.6 Å². The van der Waals surface area contributed by atoms with E-state index in [0.717, 1.165) is 37.3 Å². The Labute approximate surface area is 113 Å². The fourth-order valence-corrected chi connectivity index (χ4v) is 2.14. The molecule has 2 rings (SSSR count). The van der Waals surface area contributed by atoms with E-state index in [1.807, 2.05) is 24.3 Å². The van der Waals surface area contributed by atoms with Crippen LogP contribution < -0.4 is 16.4 Å². The predicted molar refractivity (Wildman–Crippen MR) is 74.9 cm³/mol. The molecule has 0 spiro atoms. The maximum absolute atomic E-state index is 11.8. The highest BCUT2D eigenvalue weighted by molar-refractivity contribution is 5.89. The molecule has 5 heteroatoms. The van der Waals surface area contributed by atoms with Crippen molar-refractivity contribution in [2.24, 2.45) is 11.7 Å². The maximum Gasteiger partial charge on any atom is 0.319 e. The van der Waals surface area contributed by atoms with Gasteiger partial charge in [0.05, 0.1) is 0 Å². The maximum atomic E-state index is 11.8. The van der Waals surface area contributed by atoms with Crippen molar-refractivity contribution in [3.05, 3.63) is 29.8 Å². The topological polar surface area (TPSA) is 76.4 Å². The minimum atomic E-state index is -0.166. The summed E-state index contributed by atoms with van der Waals surface area (Å²) < 4.78 is 5.29. The third kappa shape index (κ3) is 4.54. The van der Waals surface area contributed by atoms with Gasteiger partial charge < -0.3 is 21.1 Å². The largest absolute Gasteiger partial charge is 0.381 e. The minimum Gasteiger partial charge on any atom is -0.381 e. The number of amides is 2. The standard InChI is InChI=1S/C14H21N3O2/c15-9-12-2-1-3-13(8-12)17-14(18)16-10-11-4-6-19-7-5-11/h1-3,8,11H,4-7,9-10,15H2,(H2,16,17,18). The number of nitrogens with two attached hydrogens (primary N) is 1. The SMILES string of the molecule is NCc1cccc(NC(=O)NCC2CCOCC2)c1. The third-order valence-corrected chi connectivity index (χ3v) is 3.31. The highest BCUT2D eigenvalue weighted by Crippen LogP contribution is 2.13. The molecule has 0 radical (unpaired) electrons. The van der Waals surface area contributed by atoms with E-state index in [0.29, 0.717) is 19.0 Å². The molecule has 1 fully saturated rings. The Hall–Kier alpha value is -1.59. The van der Waals surface area contributed by atoms with Crippen molar-refractivity contribution in [1.82, 2.24) is 5.32 Å². The molecule has 2 amide bonds. The molecule has 0 unspecified atom stereocenters. The zero-order valence-electron chi connectivity index (χ0n) is 11.0. The van der Waals surface area contributed by atoms with Crippen molar-refractivity contribution in [3.63, 3.8) is 0 Å². The second kappa shape index (κ2) is 7.11. The number of nitrogens with one attached hydrogen (secondary N) is 2. The number of anilines is 1. The van der Waals surface area contributed by atoms with Gasteiger partial charge in [0.15, 0.2) is 0 Å². The second-order valence-electron chi connectivity index (χ2n) is 4.80.